The van der Waals surface area contributed by atoms with Crippen molar-refractivity contribution in [3.05, 3.63) is 64.4 Å². The molecule has 1 amide bonds. The fourth-order valence-electron chi connectivity index (χ4n) is 3.86. The van der Waals surface area contributed by atoms with Crippen LogP contribution >= 0.6 is 15.9 Å². The van der Waals surface area contributed by atoms with Crippen LogP contribution < -0.4 is 5.32 Å². The number of unbranched alkanes of at least 4 members (excludes halogenated alkanes) is 6. The van der Waals surface area contributed by atoms with Crippen molar-refractivity contribution in [2.24, 2.45) is 0 Å². The van der Waals surface area contributed by atoms with Crippen LogP contribution in [-0.2, 0) is 6.54 Å². The van der Waals surface area contributed by atoms with Gasteiger partial charge in [-0.05, 0) is 43.7 Å². The van der Waals surface area contributed by atoms with E-state index in [0.29, 0.717) is 5.56 Å². The molecule has 0 bridgehead atoms. The number of para-hydroxylation sites is 2. The van der Waals surface area contributed by atoms with E-state index in [9.17, 15) is 4.79 Å². The van der Waals surface area contributed by atoms with Crippen LogP contribution in [0.2, 0.25) is 0 Å². The number of aromatic nitrogens is 2. The summed E-state index contributed by atoms with van der Waals surface area (Å²) in [5.41, 5.74) is 2.77. The van der Waals surface area contributed by atoms with Crippen LogP contribution in [0.15, 0.2) is 53.0 Å². The summed E-state index contributed by atoms with van der Waals surface area (Å²) >= 11 is 3.43. The number of carbonyl (C=O) groups excluding carboxylic acids is 1. The predicted octanol–water partition coefficient (Wildman–Crippen LogP) is 7.04. The Labute approximate surface area is 188 Å². The first-order chi connectivity index (χ1) is 14.6. The average Bonchev–Trinajstić information content (AvgIpc) is 3.12. The summed E-state index contributed by atoms with van der Waals surface area (Å²) < 4.78 is 3.18. The first-order valence-corrected chi connectivity index (χ1v) is 11.9. The van der Waals surface area contributed by atoms with Gasteiger partial charge in [-0.3, -0.25) is 4.79 Å². The second-order valence-corrected chi connectivity index (χ2v) is 8.85. The van der Waals surface area contributed by atoms with Gasteiger partial charge in [-0.2, -0.15) is 0 Å². The molecule has 4 nitrogen and oxygen atoms in total. The summed E-state index contributed by atoms with van der Waals surface area (Å²) in [6.45, 7) is 5.20. The molecule has 3 rings (SSSR count). The maximum atomic E-state index is 12.7. The SMILES string of the molecule is CCCCCCCCCn1c(C(C)NC(=O)c2cccc(Br)c2)nc2ccccc21. The lowest BCUT2D eigenvalue weighted by atomic mass is 10.1. The van der Waals surface area contributed by atoms with Crippen LogP contribution in [-0.4, -0.2) is 15.5 Å². The summed E-state index contributed by atoms with van der Waals surface area (Å²) in [5, 5.41) is 3.12. The zero-order valence-electron chi connectivity index (χ0n) is 18.0. The minimum atomic E-state index is -0.173. The third-order valence-electron chi connectivity index (χ3n) is 5.49. The van der Waals surface area contributed by atoms with Crippen molar-refractivity contribution in [1.29, 1.82) is 0 Å². The molecule has 0 saturated carbocycles. The topological polar surface area (TPSA) is 46.9 Å². The van der Waals surface area contributed by atoms with E-state index in [2.05, 4.69) is 44.9 Å². The molecule has 0 spiro atoms. The van der Waals surface area contributed by atoms with Crippen molar-refractivity contribution in [3.8, 4) is 0 Å². The Bertz CT molecular complexity index is 966. The molecule has 1 heterocycles. The van der Waals surface area contributed by atoms with E-state index in [1.165, 1.54) is 38.5 Å². The van der Waals surface area contributed by atoms with Gasteiger partial charge < -0.3 is 9.88 Å². The quantitative estimate of drug-likeness (QED) is 0.306. The smallest absolute Gasteiger partial charge is 0.251 e. The Morgan fingerprint density at radius 3 is 2.53 bits per heavy atom. The van der Waals surface area contributed by atoms with E-state index in [1.807, 2.05) is 43.3 Å². The van der Waals surface area contributed by atoms with Gasteiger partial charge in [0, 0.05) is 16.6 Å². The van der Waals surface area contributed by atoms with Crippen molar-refractivity contribution >= 4 is 32.9 Å². The number of nitrogens with one attached hydrogen (secondary N) is 1. The first kappa shape index (κ1) is 22.5. The second kappa shape index (κ2) is 11.3. The highest BCUT2D eigenvalue weighted by Gasteiger charge is 2.19. The molecular weight excluding hydrogens is 438 g/mol. The Balaban J connectivity index is 1.69. The lowest BCUT2D eigenvalue weighted by molar-refractivity contribution is 0.0937. The average molecular weight is 470 g/mol. The summed E-state index contributed by atoms with van der Waals surface area (Å²) in [5.74, 6) is 0.837. The molecule has 0 fully saturated rings. The monoisotopic (exact) mass is 469 g/mol. The first-order valence-electron chi connectivity index (χ1n) is 11.1. The third-order valence-corrected chi connectivity index (χ3v) is 5.98. The van der Waals surface area contributed by atoms with E-state index >= 15 is 0 Å². The molecular formula is C25H32BrN3O. The molecule has 0 saturated heterocycles. The van der Waals surface area contributed by atoms with Gasteiger partial charge in [-0.15, -0.1) is 0 Å². The van der Waals surface area contributed by atoms with Crippen molar-refractivity contribution in [2.75, 3.05) is 0 Å². The predicted molar refractivity (Wildman–Crippen MR) is 128 cm³/mol. The Morgan fingerprint density at radius 1 is 1.03 bits per heavy atom. The van der Waals surface area contributed by atoms with E-state index in [1.54, 1.807) is 0 Å². The molecule has 1 N–H and O–H groups in total. The number of imidazole rings is 1. The summed E-state index contributed by atoms with van der Waals surface area (Å²) in [7, 11) is 0. The fourth-order valence-corrected chi connectivity index (χ4v) is 4.26. The van der Waals surface area contributed by atoms with E-state index < -0.39 is 0 Å². The normalized spacial score (nSPS) is 12.2. The minimum Gasteiger partial charge on any atom is -0.342 e. The number of nitrogens with zero attached hydrogens (tertiary/aromatic N) is 2. The molecule has 0 aliphatic heterocycles. The maximum absolute atomic E-state index is 12.7. The zero-order valence-corrected chi connectivity index (χ0v) is 19.6. The van der Waals surface area contributed by atoms with Crippen molar-refractivity contribution in [2.45, 2.75) is 71.4 Å². The summed E-state index contributed by atoms with van der Waals surface area (Å²) in [6, 6.07) is 15.5. The van der Waals surface area contributed by atoms with Crippen molar-refractivity contribution in [1.82, 2.24) is 14.9 Å². The van der Waals surface area contributed by atoms with Crippen LogP contribution in [0.1, 0.15) is 81.0 Å². The van der Waals surface area contributed by atoms with Gasteiger partial charge in [0.25, 0.3) is 5.91 Å². The molecule has 0 radical (unpaired) electrons. The molecule has 3 aromatic rings. The number of fused-ring (bicyclic) bond motifs is 1. The van der Waals surface area contributed by atoms with Gasteiger partial charge in [0.05, 0.1) is 17.1 Å². The molecule has 1 aromatic heterocycles. The largest absolute Gasteiger partial charge is 0.342 e. The van der Waals surface area contributed by atoms with Crippen LogP contribution in [0.3, 0.4) is 0 Å². The molecule has 0 aliphatic rings. The number of halogens is 1. The molecule has 5 heteroatoms. The second-order valence-electron chi connectivity index (χ2n) is 7.94. The summed E-state index contributed by atoms with van der Waals surface area (Å²) in [6.07, 6.45) is 8.94. The fraction of sp³-hybridized carbons (Fsp3) is 0.440. The van der Waals surface area contributed by atoms with E-state index in [-0.39, 0.29) is 11.9 Å². The number of benzene rings is 2. The molecule has 2 aromatic carbocycles. The van der Waals surface area contributed by atoms with Gasteiger partial charge in [0.2, 0.25) is 0 Å². The third kappa shape index (κ3) is 5.94. The number of carbonyl (C=O) groups is 1. The van der Waals surface area contributed by atoms with Crippen LogP contribution in [0.4, 0.5) is 0 Å². The Hall–Kier alpha value is -2.14. The number of hydrogen-bond acceptors (Lipinski definition) is 2. The highest BCUT2D eigenvalue weighted by Crippen LogP contribution is 2.23. The van der Waals surface area contributed by atoms with Gasteiger partial charge in [-0.25, -0.2) is 4.98 Å². The lowest BCUT2D eigenvalue weighted by Gasteiger charge is -2.16. The van der Waals surface area contributed by atoms with Crippen LogP contribution in [0.25, 0.3) is 11.0 Å². The van der Waals surface area contributed by atoms with Gasteiger partial charge in [0.15, 0.2) is 0 Å². The molecule has 0 aliphatic carbocycles. The maximum Gasteiger partial charge on any atom is 0.251 e. The summed E-state index contributed by atoms with van der Waals surface area (Å²) in [4.78, 5) is 17.6. The highest BCUT2D eigenvalue weighted by molar-refractivity contribution is 9.10. The highest BCUT2D eigenvalue weighted by atomic mass is 79.9. The number of hydrogen-bond donors (Lipinski definition) is 1. The Kier molecular flexibility index (Phi) is 8.50. The molecule has 160 valence electrons. The molecule has 1 atom stereocenters. The minimum absolute atomic E-state index is 0.0849. The van der Waals surface area contributed by atoms with Gasteiger partial charge in [-0.1, -0.05) is 79.6 Å². The van der Waals surface area contributed by atoms with Crippen molar-refractivity contribution in [3.63, 3.8) is 0 Å². The van der Waals surface area contributed by atoms with Crippen LogP contribution in [0, 0.1) is 0 Å². The molecule has 1 unspecified atom stereocenters. The number of amides is 1. The zero-order chi connectivity index (χ0) is 21.3. The number of aryl methyl sites for hydroxylation is 1. The van der Waals surface area contributed by atoms with E-state index in [4.69, 9.17) is 4.98 Å². The van der Waals surface area contributed by atoms with Crippen LogP contribution in [0.5, 0.6) is 0 Å². The van der Waals surface area contributed by atoms with Gasteiger partial charge in [0.1, 0.15) is 5.82 Å². The lowest BCUT2D eigenvalue weighted by Crippen LogP contribution is -2.28. The Morgan fingerprint density at radius 2 is 1.77 bits per heavy atom. The van der Waals surface area contributed by atoms with E-state index in [0.717, 1.165) is 34.3 Å². The molecule has 30 heavy (non-hydrogen) atoms. The standard InChI is InChI=1S/C25H32BrN3O/c1-3-4-5-6-7-8-11-17-29-23-16-10-9-15-22(23)28-24(29)19(2)27-25(30)20-13-12-14-21(26)18-20/h9-10,12-16,18-19H,3-8,11,17H2,1-2H3,(H,27,30). The van der Waals surface area contributed by atoms with Crippen molar-refractivity contribution < 1.29 is 4.79 Å². The van der Waals surface area contributed by atoms with Gasteiger partial charge >= 0.3 is 0 Å². The number of rotatable bonds is 11.